The maximum atomic E-state index is 11.6. The number of carbonyl (C=O) groups excluding carboxylic acids is 1. The van der Waals surface area contributed by atoms with E-state index in [1.807, 2.05) is 6.07 Å². The second-order valence-corrected chi connectivity index (χ2v) is 4.23. The van der Waals surface area contributed by atoms with Crippen molar-refractivity contribution in [1.29, 1.82) is 5.26 Å². The average Bonchev–Trinajstić information content (AvgIpc) is 2.48. The second kappa shape index (κ2) is 5.84. The summed E-state index contributed by atoms with van der Waals surface area (Å²) in [7, 11) is 0. The minimum absolute atomic E-state index is 0.133. The lowest BCUT2D eigenvalue weighted by atomic mass is 10.1. The van der Waals surface area contributed by atoms with E-state index in [4.69, 9.17) is 10.00 Å². The predicted molar refractivity (Wildman–Crippen MR) is 74.3 cm³/mol. The van der Waals surface area contributed by atoms with Crippen molar-refractivity contribution in [3.8, 4) is 17.6 Å². The zero-order chi connectivity index (χ0) is 15.4. The first-order chi connectivity index (χ1) is 10.0. The van der Waals surface area contributed by atoms with E-state index in [9.17, 15) is 14.9 Å². The van der Waals surface area contributed by atoms with E-state index < -0.39 is 4.92 Å². The molecule has 0 atom stereocenters. The maximum Gasteiger partial charge on any atom is 0.270 e. The molecule has 0 saturated carbocycles. The third kappa shape index (κ3) is 3.22. The van der Waals surface area contributed by atoms with Gasteiger partial charge in [0.15, 0.2) is 5.78 Å². The highest BCUT2D eigenvalue weighted by Crippen LogP contribution is 2.29. The first-order valence-electron chi connectivity index (χ1n) is 5.98. The molecule has 0 aromatic heterocycles. The summed E-state index contributed by atoms with van der Waals surface area (Å²) in [6.07, 6.45) is 0. The van der Waals surface area contributed by atoms with Crippen LogP contribution in [0.1, 0.15) is 22.8 Å². The van der Waals surface area contributed by atoms with Crippen LogP contribution in [-0.2, 0) is 0 Å². The monoisotopic (exact) mass is 282 g/mol. The quantitative estimate of drug-likeness (QED) is 0.486. The van der Waals surface area contributed by atoms with Crippen molar-refractivity contribution >= 4 is 11.5 Å². The summed E-state index contributed by atoms with van der Waals surface area (Å²) in [5, 5.41) is 19.5. The van der Waals surface area contributed by atoms with Gasteiger partial charge in [0, 0.05) is 12.1 Å². The fraction of sp³-hybridized carbons (Fsp3) is 0.0667. The van der Waals surface area contributed by atoms with Gasteiger partial charge in [-0.05, 0) is 37.3 Å². The molecule has 0 saturated heterocycles. The Kier molecular flexibility index (Phi) is 3.95. The lowest BCUT2D eigenvalue weighted by molar-refractivity contribution is -0.384. The normalized spacial score (nSPS) is 9.71. The Bertz CT molecular complexity index is 745. The number of nitriles is 1. The van der Waals surface area contributed by atoms with Crippen molar-refractivity contribution in [1.82, 2.24) is 0 Å². The number of nitro benzene ring substituents is 1. The van der Waals surface area contributed by atoms with Crippen LogP contribution in [0, 0.1) is 21.4 Å². The van der Waals surface area contributed by atoms with E-state index >= 15 is 0 Å². The van der Waals surface area contributed by atoms with Crippen molar-refractivity contribution in [3.63, 3.8) is 0 Å². The first-order valence-corrected chi connectivity index (χ1v) is 5.98. The molecule has 2 aromatic carbocycles. The summed E-state index contributed by atoms with van der Waals surface area (Å²) in [4.78, 5) is 21.8. The topological polar surface area (TPSA) is 93.2 Å². The SMILES string of the molecule is CC(=O)c1cc([N+](=O)[O-])ccc1Oc1ccc(C#N)cc1. The van der Waals surface area contributed by atoms with Gasteiger partial charge in [0.1, 0.15) is 11.5 Å². The van der Waals surface area contributed by atoms with Crippen LogP contribution in [0.5, 0.6) is 11.5 Å². The highest BCUT2D eigenvalue weighted by molar-refractivity contribution is 5.97. The number of carbonyl (C=O) groups is 1. The van der Waals surface area contributed by atoms with Crippen LogP contribution in [0.25, 0.3) is 0 Å². The number of hydrogen-bond donors (Lipinski definition) is 0. The summed E-state index contributed by atoms with van der Waals surface area (Å²) in [6.45, 7) is 1.31. The standard InChI is InChI=1S/C15H10N2O4/c1-10(18)14-8-12(17(19)20)4-7-15(14)21-13-5-2-11(9-16)3-6-13/h2-8H,1H3. The number of ether oxygens (including phenoxy) is 1. The zero-order valence-electron chi connectivity index (χ0n) is 11.1. The van der Waals surface area contributed by atoms with Gasteiger partial charge in [0.2, 0.25) is 0 Å². The van der Waals surface area contributed by atoms with E-state index in [2.05, 4.69) is 0 Å². The zero-order valence-corrected chi connectivity index (χ0v) is 11.1. The largest absolute Gasteiger partial charge is 0.457 e. The van der Waals surface area contributed by atoms with Crippen LogP contribution in [0.15, 0.2) is 42.5 Å². The maximum absolute atomic E-state index is 11.6. The molecule has 0 heterocycles. The minimum atomic E-state index is -0.571. The third-order valence-electron chi connectivity index (χ3n) is 2.76. The molecule has 6 nitrogen and oxygen atoms in total. The molecule has 0 amide bonds. The summed E-state index contributed by atoms with van der Waals surface area (Å²) < 4.78 is 5.55. The molecule has 0 aliphatic carbocycles. The van der Waals surface area contributed by atoms with Gasteiger partial charge in [-0.15, -0.1) is 0 Å². The van der Waals surface area contributed by atoms with Crippen molar-refractivity contribution < 1.29 is 14.5 Å². The highest BCUT2D eigenvalue weighted by atomic mass is 16.6. The number of benzene rings is 2. The summed E-state index contributed by atoms with van der Waals surface area (Å²) >= 11 is 0. The number of rotatable bonds is 4. The molecular formula is C15H10N2O4. The number of hydrogen-bond acceptors (Lipinski definition) is 5. The van der Waals surface area contributed by atoms with Crippen molar-refractivity contribution in [2.24, 2.45) is 0 Å². The van der Waals surface area contributed by atoms with Crippen LogP contribution >= 0.6 is 0 Å². The molecule has 0 aliphatic rings. The van der Waals surface area contributed by atoms with Crippen molar-refractivity contribution in [3.05, 3.63) is 63.7 Å². The van der Waals surface area contributed by atoms with E-state index in [0.717, 1.165) is 0 Å². The smallest absolute Gasteiger partial charge is 0.270 e. The number of nitro groups is 1. The van der Waals surface area contributed by atoms with Crippen LogP contribution < -0.4 is 4.74 Å². The van der Waals surface area contributed by atoms with Gasteiger partial charge in [-0.25, -0.2) is 0 Å². The van der Waals surface area contributed by atoms with Crippen LogP contribution in [0.4, 0.5) is 5.69 Å². The van der Waals surface area contributed by atoms with Gasteiger partial charge in [0.25, 0.3) is 5.69 Å². The Balaban J connectivity index is 2.36. The molecule has 2 aromatic rings. The Morgan fingerprint density at radius 1 is 1.24 bits per heavy atom. The minimum Gasteiger partial charge on any atom is -0.457 e. The van der Waals surface area contributed by atoms with Crippen LogP contribution in [0.3, 0.4) is 0 Å². The van der Waals surface area contributed by atoms with Gasteiger partial charge in [0.05, 0.1) is 22.1 Å². The van der Waals surface area contributed by atoms with Gasteiger partial charge < -0.3 is 4.74 Å². The molecule has 0 bridgehead atoms. The molecule has 21 heavy (non-hydrogen) atoms. The Hall–Kier alpha value is -3.20. The molecular weight excluding hydrogens is 272 g/mol. The van der Waals surface area contributed by atoms with E-state index in [-0.39, 0.29) is 22.8 Å². The van der Waals surface area contributed by atoms with E-state index in [1.54, 1.807) is 24.3 Å². The molecule has 0 N–H and O–H groups in total. The van der Waals surface area contributed by atoms with Gasteiger partial charge in [-0.3, -0.25) is 14.9 Å². The summed E-state index contributed by atoms with van der Waals surface area (Å²) in [5.41, 5.74) is 0.443. The fourth-order valence-corrected chi connectivity index (χ4v) is 1.72. The molecule has 0 unspecified atom stereocenters. The highest BCUT2D eigenvalue weighted by Gasteiger charge is 2.15. The lowest BCUT2D eigenvalue weighted by Crippen LogP contribution is -1.99. The number of ketones is 1. The fourth-order valence-electron chi connectivity index (χ4n) is 1.72. The lowest BCUT2D eigenvalue weighted by Gasteiger charge is -2.09. The molecule has 0 radical (unpaired) electrons. The Labute approximate surface area is 120 Å². The van der Waals surface area contributed by atoms with Crippen molar-refractivity contribution in [2.75, 3.05) is 0 Å². The second-order valence-electron chi connectivity index (χ2n) is 4.23. The van der Waals surface area contributed by atoms with Crippen molar-refractivity contribution in [2.45, 2.75) is 6.92 Å². The molecule has 0 aliphatic heterocycles. The van der Waals surface area contributed by atoms with E-state index in [1.165, 1.54) is 25.1 Å². The van der Waals surface area contributed by atoms with Gasteiger partial charge in [-0.2, -0.15) is 5.26 Å². The third-order valence-corrected chi connectivity index (χ3v) is 2.76. The molecule has 6 heteroatoms. The molecule has 0 fully saturated rings. The predicted octanol–water partition coefficient (Wildman–Crippen LogP) is 3.46. The Morgan fingerprint density at radius 3 is 2.43 bits per heavy atom. The number of Topliss-reactive ketones (excluding diaryl/α,β-unsaturated/α-hetero) is 1. The van der Waals surface area contributed by atoms with Crippen LogP contribution in [-0.4, -0.2) is 10.7 Å². The van der Waals surface area contributed by atoms with Gasteiger partial charge >= 0.3 is 0 Å². The molecule has 2 rings (SSSR count). The molecule has 104 valence electrons. The van der Waals surface area contributed by atoms with Crippen LogP contribution in [0.2, 0.25) is 0 Å². The van der Waals surface area contributed by atoms with E-state index in [0.29, 0.717) is 11.3 Å². The van der Waals surface area contributed by atoms with Gasteiger partial charge in [-0.1, -0.05) is 0 Å². The molecule has 0 spiro atoms. The first kappa shape index (κ1) is 14.2. The average molecular weight is 282 g/mol. The summed E-state index contributed by atoms with van der Waals surface area (Å²) in [6, 6.07) is 12.1. The number of non-ortho nitro benzene ring substituents is 1. The summed E-state index contributed by atoms with van der Waals surface area (Å²) in [5.74, 6) is 0.338. The number of nitrogens with zero attached hydrogens (tertiary/aromatic N) is 2. The Morgan fingerprint density at radius 2 is 1.90 bits per heavy atom.